The summed E-state index contributed by atoms with van der Waals surface area (Å²) in [5.74, 6) is 0.369. The third kappa shape index (κ3) is 15.8. The summed E-state index contributed by atoms with van der Waals surface area (Å²) < 4.78 is 0.496. The van der Waals surface area contributed by atoms with Gasteiger partial charge in [-0.05, 0) is 13.0 Å². The van der Waals surface area contributed by atoms with Crippen molar-refractivity contribution in [2.45, 2.75) is 116 Å². The first-order valence-electron chi connectivity index (χ1n) is 11.6. The molecule has 26 heavy (non-hydrogen) atoms. The van der Waals surface area contributed by atoms with E-state index in [0.29, 0.717) is 16.9 Å². The number of carbonyl (C=O) groups is 1. The molecule has 0 aliphatic rings. The van der Waals surface area contributed by atoms with Gasteiger partial charge >= 0.3 is 5.91 Å². The van der Waals surface area contributed by atoms with E-state index in [1.165, 1.54) is 89.9 Å². The van der Waals surface area contributed by atoms with E-state index in [2.05, 4.69) is 6.92 Å². The second kappa shape index (κ2) is 18.0. The Morgan fingerprint density at radius 2 is 1.04 bits per heavy atom. The summed E-state index contributed by atoms with van der Waals surface area (Å²) >= 11 is 0. The molecule has 0 aromatic rings. The molecule has 2 N–H and O–H groups in total. The number of nitrogens with zero attached hydrogens (tertiary/aromatic N) is 1. The van der Waals surface area contributed by atoms with Crippen LogP contribution in [0.5, 0.6) is 0 Å². The van der Waals surface area contributed by atoms with E-state index in [0.717, 1.165) is 25.8 Å². The first-order chi connectivity index (χ1) is 12.5. The molecule has 0 aliphatic carbocycles. The molecule has 0 rings (SSSR count). The molecule has 3 heteroatoms. The average Bonchev–Trinajstić information content (AvgIpc) is 2.63. The van der Waals surface area contributed by atoms with Crippen LogP contribution in [0.15, 0.2) is 0 Å². The van der Waals surface area contributed by atoms with Gasteiger partial charge in [-0.15, -0.1) is 0 Å². The maximum absolute atomic E-state index is 12.2. The highest BCUT2D eigenvalue weighted by molar-refractivity contribution is 5.68. The number of hydrogen-bond acceptors (Lipinski definition) is 2. The van der Waals surface area contributed by atoms with Gasteiger partial charge in [-0.2, -0.15) is 0 Å². The third-order valence-corrected chi connectivity index (χ3v) is 5.59. The predicted octanol–water partition coefficient (Wildman–Crippen LogP) is 6.20. The largest absolute Gasteiger partial charge is 0.330 e. The van der Waals surface area contributed by atoms with Gasteiger partial charge in [-0.1, -0.05) is 96.8 Å². The van der Waals surface area contributed by atoms with E-state index in [1.807, 2.05) is 14.1 Å². The van der Waals surface area contributed by atoms with Gasteiger partial charge in [0.1, 0.15) is 0 Å². The van der Waals surface area contributed by atoms with Crippen molar-refractivity contribution in [3.63, 3.8) is 0 Å². The van der Waals surface area contributed by atoms with E-state index >= 15 is 0 Å². The van der Waals surface area contributed by atoms with Crippen LogP contribution in [0.2, 0.25) is 0 Å². The van der Waals surface area contributed by atoms with Crippen LogP contribution in [0, 0.1) is 0 Å². The number of unbranched alkanes of at least 4 members (excludes halogenated alkanes) is 14. The minimum absolute atomic E-state index is 0.369. The highest BCUT2D eigenvalue weighted by Gasteiger charge is 2.24. The molecule has 156 valence electrons. The summed E-state index contributed by atoms with van der Waals surface area (Å²) in [5.41, 5.74) is 5.55. The van der Waals surface area contributed by atoms with E-state index in [1.54, 1.807) is 0 Å². The van der Waals surface area contributed by atoms with E-state index in [-0.39, 0.29) is 0 Å². The van der Waals surface area contributed by atoms with Crippen LogP contribution in [0.3, 0.4) is 0 Å². The number of nitrogens with two attached hydrogens (primary N) is 1. The Morgan fingerprint density at radius 3 is 1.42 bits per heavy atom. The van der Waals surface area contributed by atoms with Gasteiger partial charge in [0.2, 0.25) is 0 Å². The Morgan fingerprint density at radius 1 is 0.654 bits per heavy atom. The van der Waals surface area contributed by atoms with Crippen molar-refractivity contribution in [3.05, 3.63) is 0 Å². The Bertz CT molecular complexity index is 315. The standard InChI is InChI=1S/C23H49N2O/c1-4-5-6-7-8-9-10-11-12-13-14-15-16-17-18-20-23(26)25(2,3)22-19-21-24/h4-22,24H2,1-3H3/q+1. The van der Waals surface area contributed by atoms with Gasteiger partial charge < -0.3 is 5.73 Å². The Kier molecular flexibility index (Phi) is 17.7. The zero-order chi connectivity index (χ0) is 19.5. The van der Waals surface area contributed by atoms with Crippen molar-refractivity contribution in [1.29, 1.82) is 0 Å². The van der Waals surface area contributed by atoms with Crippen LogP contribution in [-0.4, -0.2) is 37.6 Å². The molecule has 0 aliphatic heterocycles. The molecule has 0 aromatic carbocycles. The van der Waals surface area contributed by atoms with Crippen LogP contribution < -0.4 is 5.73 Å². The van der Waals surface area contributed by atoms with Gasteiger partial charge in [0.15, 0.2) is 0 Å². The normalized spacial score (nSPS) is 11.8. The monoisotopic (exact) mass is 369 g/mol. The van der Waals surface area contributed by atoms with Crippen LogP contribution >= 0.6 is 0 Å². The maximum Gasteiger partial charge on any atom is 0.313 e. The molecule has 0 aromatic heterocycles. The molecule has 0 bridgehead atoms. The van der Waals surface area contributed by atoms with Gasteiger partial charge in [0.25, 0.3) is 0 Å². The second-order valence-corrected chi connectivity index (χ2v) is 8.64. The second-order valence-electron chi connectivity index (χ2n) is 8.64. The SMILES string of the molecule is CCCCCCCCCCCCCCCCCC(=O)[N+](C)(C)CCCN. The predicted molar refractivity (Wildman–Crippen MR) is 115 cm³/mol. The fourth-order valence-corrected chi connectivity index (χ4v) is 3.56. The third-order valence-electron chi connectivity index (χ3n) is 5.59. The number of hydrogen-bond donors (Lipinski definition) is 1. The molecule has 0 heterocycles. The van der Waals surface area contributed by atoms with Gasteiger partial charge in [-0.25, -0.2) is 4.79 Å². The van der Waals surface area contributed by atoms with Crippen molar-refractivity contribution in [2.24, 2.45) is 5.73 Å². The van der Waals surface area contributed by atoms with E-state index < -0.39 is 0 Å². The van der Waals surface area contributed by atoms with Crippen LogP contribution in [0.1, 0.15) is 116 Å². The molecule has 0 unspecified atom stereocenters. The average molecular weight is 370 g/mol. The zero-order valence-corrected chi connectivity index (χ0v) is 18.4. The molecule has 1 amide bonds. The summed E-state index contributed by atoms with van der Waals surface area (Å²) in [5, 5.41) is 0. The number of amides is 1. The Labute approximate surface area is 164 Å². The summed E-state index contributed by atoms with van der Waals surface area (Å²) in [7, 11) is 4.03. The summed E-state index contributed by atoms with van der Waals surface area (Å²) in [6.45, 7) is 3.83. The van der Waals surface area contributed by atoms with Gasteiger partial charge in [-0.3, -0.25) is 4.48 Å². The van der Waals surface area contributed by atoms with Crippen LogP contribution in [-0.2, 0) is 4.79 Å². The molecule has 0 saturated heterocycles. The van der Waals surface area contributed by atoms with Crippen LogP contribution in [0.4, 0.5) is 0 Å². The fraction of sp³-hybridized carbons (Fsp3) is 0.957. The lowest BCUT2D eigenvalue weighted by atomic mass is 10.0. The first-order valence-corrected chi connectivity index (χ1v) is 11.6. The lowest BCUT2D eigenvalue weighted by Gasteiger charge is -2.26. The molecule has 3 nitrogen and oxygen atoms in total. The summed E-state index contributed by atoms with van der Waals surface area (Å²) in [6, 6.07) is 0. The fourth-order valence-electron chi connectivity index (χ4n) is 3.56. The lowest BCUT2D eigenvalue weighted by Crippen LogP contribution is -2.46. The topological polar surface area (TPSA) is 43.1 Å². The van der Waals surface area contributed by atoms with Crippen LogP contribution in [0.25, 0.3) is 0 Å². The highest BCUT2D eigenvalue weighted by atomic mass is 16.2. The number of carbonyl (C=O) groups excluding carboxylic acids is 1. The van der Waals surface area contributed by atoms with Crippen molar-refractivity contribution >= 4 is 5.91 Å². The first kappa shape index (κ1) is 25.6. The Balaban J connectivity index is 3.30. The summed E-state index contributed by atoms with van der Waals surface area (Å²) in [4.78, 5) is 12.2. The smallest absolute Gasteiger partial charge is 0.313 e. The Hall–Kier alpha value is -0.410. The van der Waals surface area contributed by atoms with E-state index in [9.17, 15) is 4.79 Å². The molecule has 0 fully saturated rings. The van der Waals surface area contributed by atoms with Crippen molar-refractivity contribution in [3.8, 4) is 0 Å². The molecule has 0 atom stereocenters. The zero-order valence-electron chi connectivity index (χ0n) is 18.4. The maximum atomic E-state index is 12.2. The molecular formula is C23H49N2O+. The lowest BCUT2D eigenvalue weighted by molar-refractivity contribution is -0.814. The summed E-state index contributed by atoms with van der Waals surface area (Å²) in [6.07, 6.45) is 22.2. The molecule has 0 radical (unpaired) electrons. The molecule has 0 spiro atoms. The molecular weight excluding hydrogens is 320 g/mol. The number of quaternary nitrogens is 1. The molecule has 0 saturated carbocycles. The minimum atomic E-state index is 0.369. The quantitative estimate of drug-likeness (QED) is 0.217. The van der Waals surface area contributed by atoms with Crippen molar-refractivity contribution in [2.75, 3.05) is 27.2 Å². The van der Waals surface area contributed by atoms with Gasteiger partial charge in [0, 0.05) is 6.42 Å². The highest BCUT2D eigenvalue weighted by Crippen LogP contribution is 2.14. The van der Waals surface area contributed by atoms with Crippen molar-refractivity contribution < 1.29 is 9.28 Å². The van der Waals surface area contributed by atoms with Crippen molar-refractivity contribution in [1.82, 2.24) is 0 Å². The minimum Gasteiger partial charge on any atom is -0.330 e. The van der Waals surface area contributed by atoms with Gasteiger partial charge in [0.05, 0.1) is 27.1 Å². The number of rotatable bonds is 19. The van der Waals surface area contributed by atoms with E-state index in [4.69, 9.17) is 5.73 Å².